The normalized spacial score (nSPS) is 19.0. The Kier molecular flexibility index (Phi) is 5.21. The smallest absolute Gasteiger partial charge is 0.151 e. The Hall–Kier alpha value is -0.880. The van der Waals surface area contributed by atoms with Gasteiger partial charge in [-0.25, -0.2) is 8.42 Å². The van der Waals surface area contributed by atoms with Crippen molar-refractivity contribution >= 4 is 9.84 Å². The third-order valence-electron chi connectivity index (χ3n) is 3.96. The van der Waals surface area contributed by atoms with Crippen molar-refractivity contribution in [2.45, 2.75) is 52.1 Å². The van der Waals surface area contributed by atoms with Gasteiger partial charge >= 0.3 is 0 Å². The molecule has 1 aliphatic carbocycles. The maximum Gasteiger partial charge on any atom is 0.151 e. The molecule has 1 unspecified atom stereocenters. The van der Waals surface area contributed by atoms with Crippen LogP contribution in [0, 0.1) is 0 Å². The lowest BCUT2D eigenvalue weighted by Crippen LogP contribution is -2.26. The van der Waals surface area contributed by atoms with Crippen molar-refractivity contribution in [1.29, 1.82) is 0 Å². The van der Waals surface area contributed by atoms with Gasteiger partial charge in [-0.1, -0.05) is 13.8 Å². The van der Waals surface area contributed by atoms with Gasteiger partial charge in [0.25, 0.3) is 0 Å². The predicted octanol–water partition coefficient (Wildman–Crippen LogP) is 1.69. The molecule has 1 aliphatic rings. The Labute approximate surface area is 121 Å². The van der Waals surface area contributed by atoms with Gasteiger partial charge in [0, 0.05) is 23.1 Å². The standard InChI is InChI=1S/C14H25N3O2S/c1-3-8-15-13-6-5-7-14-12(13)11-16-17(14)9-10-20(18,19)4-2/h11,13,15H,3-10H2,1-2H3. The van der Waals surface area contributed by atoms with Crippen LogP contribution in [0.4, 0.5) is 0 Å². The number of aromatic nitrogens is 2. The zero-order valence-corrected chi connectivity index (χ0v) is 13.2. The van der Waals surface area contributed by atoms with E-state index in [9.17, 15) is 8.42 Å². The summed E-state index contributed by atoms with van der Waals surface area (Å²) in [6.45, 7) is 5.35. The molecule has 6 heteroatoms. The van der Waals surface area contributed by atoms with Gasteiger partial charge in [-0.3, -0.25) is 4.68 Å². The van der Waals surface area contributed by atoms with E-state index in [0.29, 0.717) is 12.6 Å². The topological polar surface area (TPSA) is 64.0 Å². The highest BCUT2D eigenvalue weighted by atomic mass is 32.2. The van der Waals surface area contributed by atoms with Gasteiger partial charge in [-0.15, -0.1) is 0 Å². The van der Waals surface area contributed by atoms with E-state index in [0.717, 1.165) is 32.2 Å². The molecule has 5 nitrogen and oxygen atoms in total. The van der Waals surface area contributed by atoms with E-state index in [1.165, 1.54) is 11.3 Å². The lowest BCUT2D eigenvalue weighted by Gasteiger charge is -2.24. The van der Waals surface area contributed by atoms with Crippen molar-refractivity contribution in [2.24, 2.45) is 0 Å². The molecule has 0 saturated carbocycles. The summed E-state index contributed by atoms with van der Waals surface area (Å²) in [7, 11) is -2.93. The number of nitrogens with zero attached hydrogens (tertiary/aromatic N) is 2. The van der Waals surface area contributed by atoms with Crippen LogP contribution < -0.4 is 5.32 Å². The van der Waals surface area contributed by atoms with E-state index >= 15 is 0 Å². The molecule has 1 heterocycles. The van der Waals surface area contributed by atoms with Crippen LogP contribution in [-0.2, 0) is 22.8 Å². The van der Waals surface area contributed by atoms with E-state index in [1.54, 1.807) is 6.92 Å². The summed E-state index contributed by atoms with van der Waals surface area (Å²) in [6.07, 6.45) is 6.33. The zero-order valence-electron chi connectivity index (χ0n) is 12.4. The second-order valence-corrected chi connectivity index (χ2v) is 7.88. The molecule has 0 bridgehead atoms. The fraction of sp³-hybridized carbons (Fsp3) is 0.786. The highest BCUT2D eigenvalue weighted by Gasteiger charge is 2.24. The van der Waals surface area contributed by atoms with E-state index < -0.39 is 9.84 Å². The predicted molar refractivity (Wildman–Crippen MR) is 80.5 cm³/mol. The van der Waals surface area contributed by atoms with Crippen molar-refractivity contribution < 1.29 is 8.42 Å². The van der Waals surface area contributed by atoms with Gasteiger partial charge in [-0.2, -0.15) is 5.10 Å². The molecule has 114 valence electrons. The molecule has 0 fully saturated rings. The number of hydrogen-bond acceptors (Lipinski definition) is 4. The maximum atomic E-state index is 11.6. The Balaban J connectivity index is 2.08. The molecule has 2 rings (SSSR count). The van der Waals surface area contributed by atoms with Crippen LogP contribution in [0.2, 0.25) is 0 Å². The van der Waals surface area contributed by atoms with Gasteiger partial charge < -0.3 is 5.32 Å². The number of fused-ring (bicyclic) bond motifs is 1. The quantitative estimate of drug-likeness (QED) is 0.832. The lowest BCUT2D eigenvalue weighted by molar-refractivity contribution is 0.449. The fourth-order valence-electron chi connectivity index (χ4n) is 2.71. The van der Waals surface area contributed by atoms with E-state index in [-0.39, 0.29) is 11.5 Å². The average Bonchev–Trinajstić information content (AvgIpc) is 2.87. The fourth-order valence-corrected chi connectivity index (χ4v) is 3.45. The molecule has 1 N–H and O–H groups in total. The van der Waals surface area contributed by atoms with Gasteiger partial charge in [0.15, 0.2) is 9.84 Å². The second-order valence-electron chi connectivity index (χ2n) is 5.41. The molecule has 0 saturated heterocycles. The third kappa shape index (κ3) is 3.61. The van der Waals surface area contributed by atoms with Gasteiger partial charge in [-0.05, 0) is 32.2 Å². The largest absolute Gasteiger partial charge is 0.310 e. The van der Waals surface area contributed by atoms with Crippen molar-refractivity contribution in [3.05, 3.63) is 17.5 Å². The average molecular weight is 299 g/mol. The second kappa shape index (κ2) is 6.72. The monoisotopic (exact) mass is 299 g/mol. The van der Waals surface area contributed by atoms with Crippen LogP contribution in [-0.4, -0.2) is 36.2 Å². The summed E-state index contributed by atoms with van der Waals surface area (Å²) >= 11 is 0. The molecular formula is C14H25N3O2S. The molecule has 1 aromatic heterocycles. The van der Waals surface area contributed by atoms with Crippen LogP contribution in [0.15, 0.2) is 6.20 Å². The minimum Gasteiger partial charge on any atom is -0.310 e. The summed E-state index contributed by atoms with van der Waals surface area (Å²) in [5.41, 5.74) is 2.48. The van der Waals surface area contributed by atoms with Crippen molar-refractivity contribution in [2.75, 3.05) is 18.1 Å². The summed E-state index contributed by atoms with van der Waals surface area (Å²) in [5.74, 6) is 0.391. The molecule has 0 aromatic carbocycles. The summed E-state index contributed by atoms with van der Waals surface area (Å²) in [4.78, 5) is 0. The Bertz CT molecular complexity index is 537. The lowest BCUT2D eigenvalue weighted by atomic mass is 9.93. The van der Waals surface area contributed by atoms with E-state index in [1.807, 2.05) is 10.9 Å². The number of hydrogen-bond donors (Lipinski definition) is 1. The zero-order chi connectivity index (χ0) is 14.6. The summed E-state index contributed by atoms with van der Waals surface area (Å²) < 4.78 is 25.1. The number of rotatable bonds is 7. The van der Waals surface area contributed by atoms with Crippen molar-refractivity contribution in [3.8, 4) is 0 Å². The number of nitrogens with one attached hydrogen (secondary N) is 1. The van der Waals surface area contributed by atoms with Crippen LogP contribution in [0.3, 0.4) is 0 Å². The van der Waals surface area contributed by atoms with E-state index in [2.05, 4.69) is 17.3 Å². The van der Waals surface area contributed by atoms with E-state index in [4.69, 9.17) is 0 Å². The molecule has 1 aromatic rings. The Morgan fingerprint density at radius 3 is 2.95 bits per heavy atom. The first-order valence-corrected chi connectivity index (χ1v) is 9.38. The third-order valence-corrected chi connectivity index (χ3v) is 5.64. The number of sulfone groups is 1. The highest BCUT2D eigenvalue weighted by Crippen LogP contribution is 2.29. The molecule has 20 heavy (non-hydrogen) atoms. The summed E-state index contributed by atoms with van der Waals surface area (Å²) in [6, 6.07) is 0.384. The maximum absolute atomic E-state index is 11.6. The van der Waals surface area contributed by atoms with Gasteiger partial charge in [0.2, 0.25) is 0 Å². The summed E-state index contributed by atoms with van der Waals surface area (Å²) in [5, 5.41) is 7.96. The van der Waals surface area contributed by atoms with Gasteiger partial charge in [0.1, 0.15) is 0 Å². The SMILES string of the molecule is CCCNC1CCCc2c1cnn2CCS(=O)(=O)CC. The van der Waals surface area contributed by atoms with Crippen LogP contribution >= 0.6 is 0 Å². The molecule has 1 atom stereocenters. The molecule has 0 amide bonds. The first-order chi connectivity index (χ1) is 9.57. The number of aryl methyl sites for hydroxylation is 1. The Morgan fingerprint density at radius 1 is 1.45 bits per heavy atom. The van der Waals surface area contributed by atoms with Gasteiger partial charge in [0.05, 0.1) is 18.5 Å². The molecule has 0 aliphatic heterocycles. The minimum atomic E-state index is -2.93. The van der Waals surface area contributed by atoms with Crippen LogP contribution in [0.1, 0.15) is 50.4 Å². The first-order valence-electron chi connectivity index (χ1n) is 7.55. The minimum absolute atomic E-state index is 0.185. The molecule has 0 radical (unpaired) electrons. The van der Waals surface area contributed by atoms with Crippen LogP contribution in [0.25, 0.3) is 0 Å². The van der Waals surface area contributed by atoms with Crippen molar-refractivity contribution in [1.82, 2.24) is 15.1 Å². The molecular weight excluding hydrogens is 274 g/mol. The Morgan fingerprint density at radius 2 is 2.25 bits per heavy atom. The first kappa shape index (κ1) is 15.5. The van der Waals surface area contributed by atoms with Crippen LogP contribution in [0.5, 0.6) is 0 Å². The highest BCUT2D eigenvalue weighted by molar-refractivity contribution is 7.91. The molecule has 0 spiro atoms. The van der Waals surface area contributed by atoms with Crippen molar-refractivity contribution in [3.63, 3.8) is 0 Å².